The SMILES string of the molecule is CCN(C(=O)CNC(=O)c1cc(OC)ccc1C(=N)Cc1cccnc1)c1ccc2c(c1)OC(F)(F)O2. The summed E-state index contributed by atoms with van der Waals surface area (Å²) < 4.78 is 40.8. The first-order chi connectivity index (χ1) is 17.7. The largest absolute Gasteiger partial charge is 0.586 e. The number of fused-ring (bicyclic) bond motifs is 1. The average Bonchev–Trinajstić information content (AvgIpc) is 3.21. The molecule has 0 fully saturated rings. The molecule has 9 nitrogen and oxygen atoms in total. The number of hydrogen-bond donors (Lipinski definition) is 2. The zero-order valence-corrected chi connectivity index (χ0v) is 20.1. The Morgan fingerprint density at radius 3 is 2.59 bits per heavy atom. The van der Waals surface area contributed by atoms with Crippen LogP contribution in [0.1, 0.15) is 28.4 Å². The number of methoxy groups -OCH3 is 1. The van der Waals surface area contributed by atoms with Crippen molar-refractivity contribution in [2.45, 2.75) is 19.6 Å². The lowest BCUT2D eigenvalue weighted by Crippen LogP contribution is -2.40. The first kappa shape index (κ1) is 25.5. The third-order valence-corrected chi connectivity index (χ3v) is 5.61. The number of benzene rings is 2. The van der Waals surface area contributed by atoms with Gasteiger partial charge in [0, 0.05) is 48.4 Å². The van der Waals surface area contributed by atoms with Crippen LogP contribution in [-0.4, -0.2) is 49.0 Å². The molecule has 0 spiro atoms. The molecule has 11 heteroatoms. The molecule has 192 valence electrons. The van der Waals surface area contributed by atoms with E-state index in [4.69, 9.17) is 10.1 Å². The number of aromatic nitrogens is 1. The Hall–Kier alpha value is -4.54. The number of nitrogens with zero attached hydrogens (tertiary/aromatic N) is 2. The molecular formula is C26H24F2N4O5. The number of ether oxygens (including phenoxy) is 3. The standard InChI is InChI=1S/C26H24F2N4O5/c1-3-32(17-6-9-22-23(12-17)37-26(27,28)36-22)24(33)15-31-25(34)20-13-18(35-2)7-8-19(20)21(29)11-16-5-4-10-30-14-16/h4-10,12-14,29H,3,11,15H2,1-2H3,(H,31,34). The van der Waals surface area contributed by atoms with Crippen LogP contribution in [0.2, 0.25) is 0 Å². The maximum Gasteiger partial charge on any atom is 0.586 e. The van der Waals surface area contributed by atoms with Crippen LogP contribution in [0, 0.1) is 5.41 Å². The lowest BCUT2D eigenvalue weighted by atomic mass is 9.97. The molecule has 0 bridgehead atoms. The molecular weight excluding hydrogens is 486 g/mol. The van der Waals surface area contributed by atoms with Gasteiger partial charge in [0.2, 0.25) is 5.91 Å². The summed E-state index contributed by atoms with van der Waals surface area (Å²) in [5.74, 6) is -0.951. The number of rotatable bonds is 9. The fourth-order valence-corrected chi connectivity index (χ4v) is 3.86. The Morgan fingerprint density at radius 1 is 1.11 bits per heavy atom. The molecule has 2 N–H and O–H groups in total. The molecule has 0 radical (unpaired) electrons. The number of halogens is 2. The number of likely N-dealkylation sites (N-methyl/N-ethyl adjacent to an activating group) is 1. The van der Waals surface area contributed by atoms with Crippen molar-refractivity contribution < 1.29 is 32.6 Å². The molecule has 3 aromatic rings. The lowest BCUT2D eigenvalue weighted by molar-refractivity contribution is -0.286. The summed E-state index contributed by atoms with van der Waals surface area (Å²) in [7, 11) is 1.46. The predicted octanol–water partition coefficient (Wildman–Crippen LogP) is 3.81. The topological polar surface area (TPSA) is 114 Å². The molecule has 0 saturated heterocycles. The van der Waals surface area contributed by atoms with Crippen LogP contribution < -0.4 is 24.4 Å². The smallest absolute Gasteiger partial charge is 0.497 e. The zero-order valence-electron chi connectivity index (χ0n) is 20.1. The van der Waals surface area contributed by atoms with Crippen LogP contribution in [0.4, 0.5) is 14.5 Å². The van der Waals surface area contributed by atoms with E-state index < -0.39 is 18.1 Å². The number of carbonyl (C=O) groups is 2. The molecule has 0 unspecified atom stereocenters. The number of anilines is 1. The fraction of sp³-hybridized carbons (Fsp3) is 0.231. The molecule has 4 rings (SSSR count). The number of pyridine rings is 1. The summed E-state index contributed by atoms with van der Waals surface area (Å²) in [6, 6.07) is 12.4. The van der Waals surface area contributed by atoms with Gasteiger partial charge in [-0.15, -0.1) is 8.78 Å². The van der Waals surface area contributed by atoms with E-state index >= 15 is 0 Å². The molecule has 1 aliphatic heterocycles. The van der Waals surface area contributed by atoms with Crippen molar-refractivity contribution in [3.05, 3.63) is 77.6 Å². The van der Waals surface area contributed by atoms with Crippen LogP contribution in [0.15, 0.2) is 60.9 Å². The van der Waals surface area contributed by atoms with Gasteiger partial charge in [-0.2, -0.15) is 0 Å². The van der Waals surface area contributed by atoms with Crippen molar-refractivity contribution in [1.82, 2.24) is 10.3 Å². The number of amides is 2. The van der Waals surface area contributed by atoms with Crippen molar-refractivity contribution in [3.8, 4) is 17.2 Å². The molecule has 0 atom stereocenters. The molecule has 2 aromatic carbocycles. The quantitative estimate of drug-likeness (QED) is 0.424. The van der Waals surface area contributed by atoms with Gasteiger partial charge >= 0.3 is 6.29 Å². The van der Waals surface area contributed by atoms with Crippen LogP contribution in [0.3, 0.4) is 0 Å². The van der Waals surface area contributed by atoms with E-state index in [1.165, 1.54) is 36.3 Å². The molecule has 1 aromatic heterocycles. The van der Waals surface area contributed by atoms with Gasteiger partial charge in [0.05, 0.1) is 19.2 Å². The van der Waals surface area contributed by atoms with Gasteiger partial charge in [0.15, 0.2) is 11.5 Å². The van der Waals surface area contributed by atoms with Crippen LogP contribution in [0.5, 0.6) is 17.2 Å². The minimum Gasteiger partial charge on any atom is -0.497 e. The normalized spacial score (nSPS) is 13.1. The van der Waals surface area contributed by atoms with Gasteiger partial charge in [0.1, 0.15) is 5.75 Å². The maximum absolute atomic E-state index is 13.3. The summed E-state index contributed by atoms with van der Waals surface area (Å²) in [5.41, 5.74) is 1.87. The summed E-state index contributed by atoms with van der Waals surface area (Å²) in [4.78, 5) is 31.4. The van der Waals surface area contributed by atoms with Crippen molar-refractivity contribution in [3.63, 3.8) is 0 Å². The highest BCUT2D eigenvalue weighted by atomic mass is 19.3. The lowest BCUT2D eigenvalue weighted by Gasteiger charge is -2.21. The maximum atomic E-state index is 13.3. The van der Waals surface area contributed by atoms with E-state index in [1.807, 2.05) is 6.07 Å². The van der Waals surface area contributed by atoms with Crippen LogP contribution in [0.25, 0.3) is 0 Å². The van der Waals surface area contributed by atoms with Gasteiger partial charge in [-0.1, -0.05) is 6.07 Å². The van der Waals surface area contributed by atoms with E-state index in [-0.39, 0.29) is 42.3 Å². The number of hydrogen-bond acceptors (Lipinski definition) is 7. The molecule has 2 heterocycles. The van der Waals surface area contributed by atoms with Gasteiger partial charge in [-0.3, -0.25) is 14.6 Å². The van der Waals surface area contributed by atoms with E-state index in [2.05, 4.69) is 19.8 Å². The Kier molecular flexibility index (Phi) is 7.32. The highest BCUT2D eigenvalue weighted by Gasteiger charge is 2.43. The highest BCUT2D eigenvalue weighted by Crippen LogP contribution is 2.42. The second kappa shape index (κ2) is 10.6. The number of nitrogens with one attached hydrogen (secondary N) is 2. The third-order valence-electron chi connectivity index (χ3n) is 5.61. The zero-order chi connectivity index (χ0) is 26.6. The fourth-order valence-electron chi connectivity index (χ4n) is 3.86. The predicted molar refractivity (Wildman–Crippen MR) is 131 cm³/mol. The van der Waals surface area contributed by atoms with Gasteiger partial charge in [-0.25, -0.2) is 0 Å². The second-order valence-corrected chi connectivity index (χ2v) is 8.05. The van der Waals surface area contributed by atoms with Crippen molar-refractivity contribution in [2.24, 2.45) is 0 Å². The molecule has 2 amide bonds. The summed E-state index contributed by atoms with van der Waals surface area (Å²) in [6.45, 7) is 1.55. The molecule has 37 heavy (non-hydrogen) atoms. The minimum absolute atomic E-state index is 0.134. The molecule has 0 aliphatic carbocycles. The molecule has 0 saturated carbocycles. The van der Waals surface area contributed by atoms with Crippen molar-refractivity contribution in [2.75, 3.05) is 25.1 Å². The van der Waals surface area contributed by atoms with E-state index in [0.717, 1.165) is 5.56 Å². The first-order valence-corrected chi connectivity index (χ1v) is 11.3. The van der Waals surface area contributed by atoms with Crippen molar-refractivity contribution >= 4 is 23.2 Å². The Morgan fingerprint density at radius 2 is 1.89 bits per heavy atom. The second-order valence-electron chi connectivity index (χ2n) is 8.05. The Labute approximate surface area is 211 Å². The van der Waals surface area contributed by atoms with Crippen LogP contribution in [-0.2, 0) is 11.2 Å². The number of carbonyl (C=O) groups excluding carboxylic acids is 2. The van der Waals surface area contributed by atoms with Crippen LogP contribution >= 0.6 is 0 Å². The average molecular weight is 510 g/mol. The van der Waals surface area contributed by atoms with Gasteiger partial charge < -0.3 is 29.8 Å². The Bertz CT molecular complexity index is 1330. The molecule has 1 aliphatic rings. The highest BCUT2D eigenvalue weighted by molar-refractivity contribution is 6.10. The van der Waals surface area contributed by atoms with Crippen molar-refractivity contribution in [1.29, 1.82) is 5.41 Å². The van der Waals surface area contributed by atoms with E-state index in [0.29, 0.717) is 17.0 Å². The van der Waals surface area contributed by atoms with Gasteiger partial charge in [0.25, 0.3) is 5.91 Å². The van der Waals surface area contributed by atoms with E-state index in [9.17, 15) is 18.4 Å². The summed E-state index contributed by atoms with van der Waals surface area (Å²) >= 11 is 0. The monoisotopic (exact) mass is 510 g/mol. The summed E-state index contributed by atoms with van der Waals surface area (Å²) in [6.07, 6.45) is -0.233. The van der Waals surface area contributed by atoms with E-state index in [1.54, 1.807) is 37.5 Å². The first-order valence-electron chi connectivity index (χ1n) is 11.3. The third kappa shape index (κ3) is 5.83. The summed E-state index contributed by atoms with van der Waals surface area (Å²) in [5, 5.41) is 11.1. The van der Waals surface area contributed by atoms with Gasteiger partial charge in [-0.05, 0) is 48.9 Å². The Balaban J connectivity index is 1.48. The number of alkyl halides is 2. The minimum atomic E-state index is -3.77.